The third kappa shape index (κ3) is 4.40. The van der Waals surface area contributed by atoms with Crippen molar-refractivity contribution in [2.24, 2.45) is 10.9 Å². The van der Waals surface area contributed by atoms with Gasteiger partial charge in [0.15, 0.2) is 0 Å². The molecule has 0 spiro atoms. The van der Waals surface area contributed by atoms with E-state index in [1.54, 1.807) is 0 Å². The molecule has 0 saturated carbocycles. The molecular weight excluding hydrogens is 285 g/mol. The zero-order valence-corrected chi connectivity index (χ0v) is 11.5. The minimum absolute atomic E-state index is 0.289. The van der Waals surface area contributed by atoms with Crippen LogP contribution >= 0.6 is 22.6 Å². The van der Waals surface area contributed by atoms with E-state index in [4.69, 9.17) is 0 Å². The highest BCUT2D eigenvalue weighted by Gasteiger charge is 2.15. The number of nitrogens with zero attached hydrogens (tertiary/aromatic N) is 1. The molecule has 2 atom stereocenters. The first kappa shape index (κ1) is 13.9. The Morgan fingerprint density at radius 3 is 2.57 bits per heavy atom. The summed E-state index contributed by atoms with van der Waals surface area (Å²) in [5.74, 6) is 0.417. The molecule has 0 amide bonds. The maximum Gasteiger partial charge on any atom is 0.0764 e. The normalized spacial score (nSPS) is 17.0. The smallest absolute Gasteiger partial charge is 0.0764 e. The molecule has 14 heavy (non-hydrogen) atoms. The zero-order chi connectivity index (χ0) is 11.0. The average Bonchev–Trinajstić information content (AvgIpc) is 2.22. The SMILES string of the molecule is C=C[C@@H](C)C(N=CC)/C(=C/CI)CC. The largest absolute Gasteiger partial charge is 0.289 e. The maximum atomic E-state index is 4.52. The van der Waals surface area contributed by atoms with Crippen LogP contribution in [0.15, 0.2) is 29.3 Å². The van der Waals surface area contributed by atoms with Crippen LogP contribution in [0.3, 0.4) is 0 Å². The summed E-state index contributed by atoms with van der Waals surface area (Å²) >= 11 is 2.37. The van der Waals surface area contributed by atoms with Gasteiger partial charge in [0, 0.05) is 4.43 Å². The Kier molecular flexibility index (Phi) is 8.14. The van der Waals surface area contributed by atoms with Gasteiger partial charge in [0.05, 0.1) is 6.04 Å². The number of halogens is 1. The van der Waals surface area contributed by atoms with Crippen LogP contribution in [0, 0.1) is 5.92 Å². The lowest BCUT2D eigenvalue weighted by Gasteiger charge is -2.19. The molecule has 0 bridgehead atoms. The number of hydrogen-bond donors (Lipinski definition) is 0. The molecule has 0 rings (SSSR count). The van der Waals surface area contributed by atoms with Gasteiger partial charge in [0.25, 0.3) is 0 Å². The second-order valence-corrected chi connectivity index (χ2v) is 4.11. The molecule has 1 unspecified atom stereocenters. The lowest BCUT2D eigenvalue weighted by Crippen LogP contribution is -2.17. The Labute approximate surface area is 102 Å². The molecular formula is C12H20IN. The predicted octanol–water partition coefficient (Wildman–Crippen LogP) is 4.04. The Bertz CT molecular complexity index is 218. The summed E-state index contributed by atoms with van der Waals surface area (Å²) in [7, 11) is 0. The molecule has 0 aromatic carbocycles. The van der Waals surface area contributed by atoms with Gasteiger partial charge in [-0.15, -0.1) is 6.58 Å². The highest BCUT2D eigenvalue weighted by molar-refractivity contribution is 14.1. The number of rotatable bonds is 6. The summed E-state index contributed by atoms with van der Waals surface area (Å²) in [5, 5.41) is 0. The highest BCUT2D eigenvalue weighted by atomic mass is 127. The van der Waals surface area contributed by atoms with E-state index in [0.29, 0.717) is 5.92 Å². The number of alkyl halides is 1. The third-order valence-corrected chi connectivity index (χ3v) is 2.75. The fraction of sp³-hybridized carbons (Fsp3) is 0.583. The molecule has 0 radical (unpaired) electrons. The zero-order valence-electron chi connectivity index (χ0n) is 9.33. The van der Waals surface area contributed by atoms with Gasteiger partial charge in [-0.3, -0.25) is 4.99 Å². The van der Waals surface area contributed by atoms with E-state index in [9.17, 15) is 0 Å². The van der Waals surface area contributed by atoms with E-state index in [2.05, 4.69) is 54.1 Å². The molecule has 0 heterocycles. The second-order valence-electron chi connectivity index (χ2n) is 3.23. The van der Waals surface area contributed by atoms with Crippen molar-refractivity contribution in [3.63, 3.8) is 0 Å². The molecule has 0 aromatic heterocycles. The summed E-state index contributed by atoms with van der Waals surface area (Å²) in [6.07, 6.45) is 7.22. The van der Waals surface area contributed by atoms with Gasteiger partial charge in [-0.1, -0.05) is 48.6 Å². The third-order valence-electron chi connectivity index (χ3n) is 2.31. The summed E-state index contributed by atoms with van der Waals surface area (Å²) in [4.78, 5) is 4.52. The molecule has 0 saturated heterocycles. The van der Waals surface area contributed by atoms with Crippen LogP contribution in [-0.4, -0.2) is 16.7 Å². The first-order valence-electron chi connectivity index (χ1n) is 5.06. The van der Waals surface area contributed by atoms with Crippen LogP contribution in [0.1, 0.15) is 27.2 Å². The summed E-state index contributed by atoms with van der Waals surface area (Å²) < 4.78 is 1.06. The number of hydrogen-bond acceptors (Lipinski definition) is 1. The first-order chi connectivity index (χ1) is 6.71. The van der Waals surface area contributed by atoms with E-state index in [-0.39, 0.29) is 6.04 Å². The molecule has 2 heteroatoms. The Morgan fingerprint density at radius 2 is 2.21 bits per heavy atom. The van der Waals surface area contributed by atoms with Gasteiger partial charge in [0.1, 0.15) is 0 Å². The average molecular weight is 305 g/mol. The number of aliphatic imine (C=N–C) groups is 1. The minimum atomic E-state index is 0.289. The molecule has 0 fully saturated rings. The van der Waals surface area contributed by atoms with Crippen LogP contribution in [0.25, 0.3) is 0 Å². The van der Waals surface area contributed by atoms with Crippen molar-refractivity contribution in [3.8, 4) is 0 Å². The molecule has 80 valence electrons. The van der Waals surface area contributed by atoms with Gasteiger partial charge in [-0.2, -0.15) is 0 Å². The number of allylic oxidation sites excluding steroid dienone is 1. The standard InChI is InChI=1S/C12H20IN/c1-5-10(4)12(14-7-3)11(6-2)8-9-13/h5,7-8,10,12H,1,6,9H2,2-4H3/b11-8+,14-7?/t10-,12?/m1/s1. The Balaban J connectivity index is 4.77. The van der Waals surface area contributed by atoms with Crippen LogP contribution < -0.4 is 0 Å². The van der Waals surface area contributed by atoms with E-state index >= 15 is 0 Å². The molecule has 0 aliphatic carbocycles. The van der Waals surface area contributed by atoms with Gasteiger partial charge >= 0.3 is 0 Å². The maximum absolute atomic E-state index is 4.52. The topological polar surface area (TPSA) is 12.4 Å². The van der Waals surface area contributed by atoms with Crippen LogP contribution in [-0.2, 0) is 0 Å². The van der Waals surface area contributed by atoms with Crippen molar-refractivity contribution in [1.82, 2.24) is 0 Å². The molecule has 0 aliphatic heterocycles. The van der Waals surface area contributed by atoms with Crippen LogP contribution in [0.5, 0.6) is 0 Å². The predicted molar refractivity (Wildman–Crippen MR) is 74.6 cm³/mol. The van der Waals surface area contributed by atoms with Gasteiger partial charge < -0.3 is 0 Å². The van der Waals surface area contributed by atoms with Crippen molar-refractivity contribution in [1.29, 1.82) is 0 Å². The fourth-order valence-corrected chi connectivity index (χ4v) is 2.00. The Morgan fingerprint density at radius 1 is 1.57 bits per heavy atom. The monoisotopic (exact) mass is 305 g/mol. The van der Waals surface area contributed by atoms with Crippen molar-refractivity contribution in [2.45, 2.75) is 33.2 Å². The van der Waals surface area contributed by atoms with Crippen molar-refractivity contribution >= 4 is 28.8 Å². The first-order valence-corrected chi connectivity index (χ1v) is 6.59. The highest BCUT2D eigenvalue weighted by Crippen LogP contribution is 2.20. The fourth-order valence-electron chi connectivity index (χ4n) is 1.43. The van der Waals surface area contributed by atoms with Crippen LogP contribution in [0.4, 0.5) is 0 Å². The molecule has 0 aromatic rings. The van der Waals surface area contributed by atoms with E-state index < -0.39 is 0 Å². The lowest BCUT2D eigenvalue weighted by molar-refractivity contribution is 0.594. The summed E-state index contributed by atoms with van der Waals surface area (Å²) in [5.41, 5.74) is 1.42. The van der Waals surface area contributed by atoms with Gasteiger partial charge in [-0.05, 0) is 31.1 Å². The molecule has 1 nitrogen and oxygen atoms in total. The minimum Gasteiger partial charge on any atom is -0.289 e. The van der Waals surface area contributed by atoms with Crippen molar-refractivity contribution in [2.75, 3.05) is 4.43 Å². The lowest BCUT2D eigenvalue weighted by atomic mass is 9.93. The summed E-state index contributed by atoms with van der Waals surface area (Å²) in [6.45, 7) is 10.2. The molecule has 0 N–H and O–H groups in total. The van der Waals surface area contributed by atoms with Gasteiger partial charge in [0.2, 0.25) is 0 Å². The Hall–Kier alpha value is -0.120. The van der Waals surface area contributed by atoms with Crippen LogP contribution in [0.2, 0.25) is 0 Å². The van der Waals surface area contributed by atoms with E-state index in [0.717, 1.165) is 10.8 Å². The quantitative estimate of drug-likeness (QED) is 0.304. The second kappa shape index (κ2) is 8.21. The molecule has 0 aliphatic rings. The van der Waals surface area contributed by atoms with E-state index in [1.165, 1.54) is 5.57 Å². The van der Waals surface area contributed by atoms with E-state index in [1.807, 2.05) is 19.2 Å². The van der Waals surface area contributed by atoms with Gasteiger partial charge in [-0.25, -0.2) is 0 Å². The van der Waals surface area contributed by atoms with Crippen molar-refractivity contribution in [3.05, 3.63) is 24.3 Å². The summed E-state index contributed by atoms with van der Waals surface area (Å²) in [6, 6.07) is 0.289. The van der Waals surface area contributed by atoms with Crippen molar-refractivity contribution < 1.29 is 0 Å².